The van der Waals surface area contributed by atoms with Crippen molar-refractivity contribution < 1.29 is 18.3 Å². The molecule has 5 nitrogen and oxygen atoms in total. The maximum atomic E-state index is 10.9. The van der Waals surface area contributed by atoms with Gasteiger partial charge in [0, 0.05) is 5.56 Å². The second-order valence-electron chi connectivity index (χ2n) is 3.16. The first-order valence-corrected chi connectivity index (χ1v) is 6.00. The molecule has 0 amide bonds. The van der Waals surface area contributed by atoms with Crippen molar-refractivity contribution in [3.63, 3.8) is 0 Å². The van der Waals surface area contributed by atoms with Crippen LogP contribution >= 0.6 is 0 Å². The number of carbonyl (C=O) groups excluding carboxylic acids is 1. The Morgan fingerprint density at radius 3 is 2.40 bits per heavy atom. The van der Waals surface area contributed by atoms with Crippen LogP contribution in [0.4, 0.5) is 5.69 Å². The Hall–Kier alpha value is -1.56. The van der Waals surface area contributed by atoms with E-state index in [9.17, 15) is 18.3 Å². The number of aromatic hydroxyl groups is 1. The van der Waals surface area contributed by atoms with Crippen molar-refractivity contribution in [2.45, 2.75) is 6.92 Å². The molecule has 0 radical (unpaired) electrons. The topological polar surface area (TPSA) is 83.5 Å². The highest BCUT2D eigenvalue weighted by Crippen LogP contribution is 2.25. The van der Waals surface area contributed by atoms with Gasteiger partial charge in [-0.3, -0.25) is 9.52 Å². The molecule has 0 saturated carbocycles. The van der Waals surface area contributed by atoms with Crippen LogP contribution in [0.25, 0.3) is 0 Å². The highest BCUT2D eigenvalue weighted by molar-refractivity contribution is 7.92. The summed E-state index contributed by atoms with van der Waals surface area (Å²) in [4.78, 5) is 10.9. The summed E-state index contributed by atoms with van der Waals surface area (Å²) in [6.45, 7) is 1.36. The summed E-state index contributed by atoms with van der Waals surface area (Å²) in [6.07, 6.45) is 0.978. The molecular weight excluding hydrogens is 218 g/mol. The largest absolute Gasteiger partial charge is 0.506 e. The van der Waals surface area contributed by atoms with Crippen molar-refractivity contribution in [2.75, 3.05) is 11.0 Å². The summed E-state index contributed by atoms with van der Waals surface area (Å²) in [6, 6.07) is 4.00. The summed E-state index contributed by atoms with van der Waals surface area (Å²) >= 11 is 0. The fourth-order valence-corrected chi connectivity index (χ4v) is 1.61. The molecule has 0 bridgehead atoms. The molecule has 0 saturated heterocycles. The van der Waals surface area contributed by atoms with E-state index < -0.39 is 10.0 Å². The normalized spacial score (nSPS) is 11.1. The molecule has 1 rings (SSSR count). The zero-order valence-electron chi connectivity index (χ0n) is 8.31. The van der Waals surface area contributed by atoms with Crippen LogP contribution in [0, 0.1) is 0 Å². The van der Waals surface area contributed by atoms with E-state index in [-0.39, 0.29) is 17.2 Å². The third-order valence-corrected chi connectivity index (χ3v) is 2.29. The van der Waals surface area contributed by atoms with Crippen LogP contribution in [0.15, 0.2) is 18.2 Å². The molecule has 0 spiro atoms. The van der Waals surface area contributed by atoms with Crippen molar-refractivity contribution in [3.05, 3.63) is 23.8 Å². The second kappa shape index (κ2) is 3.90. The first-order valence-electron chi connectivity index (χ1n) is 4.11. The number of Topliss-reactive ketones (excluding diaryl/α,β-unsaturated/α-hetero) is 1. The monoisotopic (exact) mass is 229 g/mol. The van der Waals surface area contributed by atoms with Gasteiger partial charge in [0.15, 0.2) is 5.78 Å². The molecule has 15 heavy (non-hydrogen) atoms. The van der Waals surface area contributed by atoms with Crippen LogP contribution in [-0.2, 0) is 10.0 Å². The number of rotatable bonds is 3. The Kier molecular flexibility index (Phi) is 2.99. The standard InChI is InChI=1S/C9H11NO4S/c1-6(11)7-3-4-8(9(12)5-7)10-15(2,13)14/h3-5,10,12H,1-2H3. The molecule has 6 heteroatoms. The Morgan fingerprint density at radius 2 is 2.00 bits per heavy atom. The summed E-state index contributed by atoms with van der Waals surface area (Å²) in [5, 5.41) is 9.42. The summed E-state index contributed by atoms with van der Waals surface area (Å²) in [5.41, 5.74) is 0.383. The smallest absolute Gasteiger partial charge is 0.229 e. The molecular formula is C9H11NO4S. The van der Waals surface area contributed by atoms with E-state index in [0.717, 1.165) is 6.26 Å². The number of sulfonamides is 1. The van der Waals surface area contributed by atoms with Gasteiger partial charge in [0.25, 0.3) is 0 Å². The van der Waals surface area contributed by atoms with Gasteiger partial charge in [-0.05, 0) is 25.1 Å². The number of phenolic OH excluding ortho intramolecular Hbond substituents is 1. The van der Waals surface area contributed by atoms with Crippen LogP contribution in [0.5, 0.6) is 5.75 Å². The predicted octanol–water partition coefficient (Wildman–Crippen LogP) is 0.966. The molecule has 0 aliphatic heterocycles. The van der Waals surface area contributed by atoms with Crippen molar-refractivity contribution >= 4 is 21.5 Å². The maximum absolute atomic E-state index is 10.9. The van der Waals surface area contributed by atoms with Gasteiger partial charge in [0.05, 0.1) is 11.9 Å². The van der Waals surface area contributed by atoms with Gasteiger partial charge in [0.1, 0.15) is 5.75 Å². The van der Waals surface area contributed by atoms with Crippen LogP contribution in [0.2, 0.25) is 0 Å². The summed E-state index contributed by atoms with van der Waals surface area (Å²) < 4.78 is 23.9. The molecule has 0 aliphatic rings. The van der Waals surface area contributed by atoms with E-state index in [4.69, 9.17) is 0 Å². The lowest BCUT2D eigenvalue weighted by Gasteiger charge is -2.06. The molecule has 0 unspecified atom stereocenters. The lowest BCUT2D eigenvalue weighted by molar-refractivity contribution is 0.101. The number of ketones is 1. The zero-order chi connectivity index (χ0) is 11.6. The fraction of sp³-hybridized carbons (Fsp3) is 0.222. The van der Waals surface area contributed by atoms with Crippen molar-refractivity contribution in [1.29, 1.82) is 0 Å². The molecule has 0 aromatic heterocycles. The minimum absolute atomic E-state index is 0.0579. The average molecular weight is 229 g/mol. The van der Waals surface area contributed by atoms with Gasteiger partial charge in [-0.25, -0.2) is 8.42 Å². The number of nitrogens with one attached hydrogen (secondary N) is 1. The lowest BCUT2D eigenvalue weighted by Crippen LogP contribution is -2.09. The molecule has 0 aliphatic carbocycles. The SMILES string of the molecule is CC(=O)c1ccc(NS(C)(=O)=O)c(O)c1. The predicted molar refractivity (Wildman–Crippen MR) is 56.6 cm³/mol. The third-order valence-electron chi connectivity index (χ3n) is 1.70. The maximum Gasteiger partial charge on any atom is 0.229 e. The Morgan fingerprint density at radius 1 is 1.40 bits per heavy atom. The van der Waals surface area contributed by atoms with E-state index >= 15 is 0 Å². The van der Waals surface area contributed by atoms with E-state index in [0.29, 0.717) is 5.56 Å². The van der Waals surface area contributed by atoms with Crippen molar-refractivity contribution in [1.82, 2.24) is 0 Å². The van der Waals surface area contributed by atoms with Crippen molar-refractivity contribution in [3.8, 4) is 5.75 Å². The lowest BCUT2D eigenvalue weighted by atomic mass is 10.1. The first-order chi connectivity index (χ1) is 6.79. The van der Waals surface area contributed by atoms with Crippen molar-refractivity contribution in [2.24, 2.45) is 0 Å². The summed E-state index contributed by atoms with van der Waals surface area (Å²) in [5.74, 6) is -0.468. The number of hydrogen-bond donors (Lipinski definition) is 2. The number of carbonyl (C=O) groups is 1. The van der Waals surface area contributed by atoms with Gasteiger partial charge in [-0.1, -0.05) is 0 Å². The van der Waals surface area contributed by atoms with Crippen LogP contribution < -0.4 is 4.72 Å². The van der Waals surface area contributed by atoms with Crippen LogP contribution in [0.1, 0.15) is 17.3 Å². The van der Waals surface area contributed by atoms with Crippen LogP contribution in [-0.4, -0.2) is 25.6 Å². The van der Waals surface area contributed by atoms with E-state index in [1.165, 1.54) is 25.1 Å². The molecule has 2 N–H and O–H groups in total. The van der Waals surface area contributed by atoms with E-state index in [2.05, 4.69) is 4.72 Å². The second-order valence-corrected chi connectivity index (χ2v) is 4.91. The minimum Gasteiger partial charge on any atom is -0.506 e. The molecule has 0 fully saturated rings. The van der Waals surface area contributed by atoms with Crippen LogP contribution in [0.3, 0.4) is 0 Å². The molecule has 1 aromatic carbocycles. The Bertz CT molecular complexity index is 493. The minimum atomic E-state index is -3.43. The Balaban J connectivity index is 3.09. The molecule has 0 atom stereocenters. The number of phenols is 1. The average Bonchev–Trinajstić information content (AvgIpc) is 2.05. The van der Waals surface area contributed by atoms with Gasteiger partial charge < -0.3 is 5.11 Å². The third kappa shape index (κ3) is 3.25. The first kappa shape index (κ1) is 11.5. The number of anilines is 1. The molecule has 82 valence electrons. The molecule has 0 heterocycles. The number of hydrogen-bond acceptors (Lipinski definition) is 4. The number of benzene rings is 1. The Labute approximate surface area is 87.8 Å². The summed E-state index contributed by atoms with van der Waals surface area (Å²) in [7, 11) is -3.43. The van der Waals surface area contributed by atoms with Gasteiger partial charge in [-0.15, -0.1) is 0 Å². The van der Waals surface area contributed by atoms with E-state index in [1.807, 2.05) is 0 Å². The van der Waals surface area contributed by atoms with Gasteiger partial charge >= 0.3 is 0 Å². The van der Waals surface area contributed by atoms with Gasteiger partial charge in [-0.2, -0.15) is 0 Å². The zero-order valence-corrected chi connectivity index (χ0v) is 9.13. The fourth-order valence-electron chi connectivity index (χ4n) is 1.04. The highest BCUT2D eigenvalue weighted by atomic mass is 32.2. The molecule has 1 aromatic rings. The van der Waals surface area contributed by atoms with Gasteiger partial charge in [0.2, 0.25) is 10.0 Å². The van der Waals surface area contributed by atoms with E-state index in [1.54, 1.807) is 0 Å². The highest BCUT2D eigenvalue weighted by Gasteiger charge is 2.08. The quantitative estimate of drug-likeness (QED) is 0.597.